The van der Waals surface area contributed by atoms with Crippen molar-refractivity contribution >= 4 is 53.1 Å². The van der Waals surface area contributed by atoms with Crippen molar-refractivity contribution in [1.82, 2.24) is 0 Å². The van der Waals surface area contributed by atoms with E-state index in [1.807, 2.05) is 18.2 Å². The van der Waals surface area contributed by atoms with Crippen LogP contribution in [0.5, 0.6) is 0 Å². The Morgan fingerprint density at radius 1 is 1.08 bits per heavy atom. The molecule has 0 bridgehead atoms. The summed E-state index contributed by atoms with van der Waals surface area (Å²) < 4.78 is 0. The first-order chi connectivity index (χ1) is 10.9. The first kappa shape index (κ1) is 31.0. The monoisotopic (exact) mass is 499 g/mol. The van der Waals surface area contributed by atoms with Crippen molar-refractivity contribution in [1.29, 1.82) is 0 Å². The van der Waals surface area contributed by atoms with Crippen LogP contribution < -0.4 is 29.6 Å². The molecule has 1 aromatic carbocycles. The minimum absolute atomic E-state index is 0. The quantitative estimate of drug-likeness (QED) is 0.264. The number of aryl methyl sites for hydroxylation is 2. The molecule has 1 aromatic rings. The Morgan fingerprint density at radius 3 is 2.12 bits per heavy atom. The molecule has 3 nitrogen and oxygen atoms in total. The summed E-state index contributed by atoms with van der Waals surface area (Å²) in [5, 5.41) is 0. The smallest absolute Gasteiger partial charge is 0.358 e. The molecule has 0 spiro atoms. The van der Waals surface area contributed by atoms with Gasteiger partial charge < -0.3 is 23.9 Å². The summed E-state index contributed by atoms with van der Waals surface area (Å²) in [6, 6.07) is 8.08. The van der Waals surface area contributed by atoms with Gasteiger partial charge in [-0.15, -0.1) is 29.9 Å². The topological polar surface area (TPSA) is 51.2 Å². The van der Waals surface area contributed by atoms with E-state index in [1.165, 1.54) is 18.7 Å². The van der Waals surface area contributed by atoms with Crippen LogP contribution in [0.3, 0.4) is 0 Å². The molecule has 0 unspecified atom stereocenters. The van der Waals surface area contributed by atoms with Crippen LogP contribution in [0, 0.1) is 20.3 Å². The first-order valence-electron chi connectivity index (χ1n) is 7.88. The Kier molecular flexibility index (Phi) is 20.8. The molecule has 0 radical (unpaired) electrons. The molecule has 0 aliphatic rings. The maximum atomic E-state index is 11.9. The Hall–Kier alpha value is 0.310. The van der Waals surface area contributed by atoms with E-state index in [9.17, 15) is 14.4 Å². The van der Waals surface area contributed by atoms with Gasteiger partial charge in [0, 0.05) is 12.8 Å². The van der Waals surface area contributed by atoms with E-state index in [-0.39, 0.29) is 84.2 Å². The molecular weight excluding hydrogens is 470 g/mol. The van der Waals surface area contributed by atoms with Gasteiger partial charge in [0.25, 0.3) is 0 Å². The van der Waals surface area contributed by atoms with Crippen LogP contribution in [0.15, 0.2) is 24.3 Å². The summed E-state index contributed by atoms with van der Waals surface area (Å²) in [6.07, 6.45) is 2.53. The average molecular weight is 499 g/mol. The van der Waals surface area contributed by atoms with Gasteiger partial charge >= 0.3 is 29.6 Å². The van der Waals surface area contributed by atoms with E-state index in [0.717, 1.165) is 17.5 Å². The molecule has 0 fully saturated rings. The number of carbonyl (C=O) groups is 3. The molecule has 1 rings (SSSR count). The van der Waals surface area contributed by atoms with Gasteiger partial charge in [-0.3, -0.25) is 4.79 Å². The second-order valence-corrected chi connectivity index (χ2v) is 6.91. The van der Waals surface area contributed by atoms with Gasteiger partial charge in [0.05, 0.1) is 5.75 Å². The molecule has 0 N–H and O–H groups in total. The standard InChI is InChI=1S/C19H25O3S.CH3.HI.Na/c1-14(16(3)21)12-23-13-19(22)10-9-18-6-4-5-17(11-18)8-7-15(2)20;;;/h4-6,11,14H,1,7-10,12-13H2,2-3H3;1H3;1H;/q2*-1;;+1/t14-;;;/m1.../s1. The molecule has 26 heavy (non-hydrogen) atoms. The predicted molar refractivity (Wildman–Crippen MR) is 117 cm³/mol. The molecular formula is C20H29INaO3S-. The Bertz CT molecular complexity index is 564. The maximum absolute atomic E-state index is 11.9. The normalized spacial score (nSPS) is 10.6. The molecule has 0 aliphatic carbocycles. The maximum Gasteiger partial charge on any atom is 1.00 e. The molecule has 1 atom stereocenters. The van der Waals surface area contributed by atoms with E-state index in [2.05, 4.69) is 13.0 Å². The summed E-state index contributed by atoms with van der Waals surface area (Å²) >= 11 is 1.48. The fourth-order valence-corrected chi connectivity index (χ4v) is 3.06. The van der Waals surface area contributed by atoms with Gasteiger partial charge in [0.15, 0.2) is 0 Å². The summed E-state index contributed by atoms with van der Waals surface area (Å²) in [6.45, 7) is 6.89. The largest absolute Gasteiger partial charge is 1.00 e. The number of halogens is 1. The van der Waals surface area contributed by atoms with Crippen LogP contribution in [-0.4, -0.2) is 28.9 Å². The molecule has 6 heteroatoms. The second-order valence-electron chi connectivity index (χ2n) is 5.88. The average Bonchev–Trinajstić information content (AvgIpc) is 2.51. The van der Waals surface area contributed by atoms with E-state index in [4.69, 9.17) is 0 Å². The molecule has 0 saturated carbocycles. The third-order valence-corrected chi connectivity index (χ3v) is 4.77. The van der Waals surface area contributed by atoms with Crippen LogP contribution in [0.25, 0.3) is 0 Å². The Labute approximate surface area is 202 Å². The van der Waals surface area contributed by atoms with Gasteiger partial charge in [-0.1, -0.05) is 24.3 Å². The third-order valence-electron chi connectivity index (χ3n) is 3.61. The molecule has 142 valence electrons. The number of benzene rings is 1. The van der Waals surface area contributed by atoms with Crippen LogP contribution in [0.4, 0.5) is 0 Å². The Balaban J connectivity index is -0.00000176. The number of ketones is 3. The van der Waals surface area contributed by atoms with Crippen LogP contribution in [0.1, 0.15) is 37.8 Å². The van der Waals surface area contributed by atoms with Crippen molar-refractivity contribution in [3.05, 3.63) is 49.7 Å². The zero-order valence-corrected chi connectivity index (χ0v) is 21.5. The minimum atomic E-state index is -0.231. The number of rotatable bonds is 11. The SMILES string of the molecule is I.[CH2-][C@H](CSCC(=O)CCc1cccc(CCC(C)=O)c1)C(C)=O.[CH3-].[Na+]. The van der Waals surface area contributed by atoms with E-state index in [1.54, 1.807) is 6.92 Å². The number of Topliss-reactive ketones (excluding diaryl/α,β-unsaturated/α-hetero) is 3. The fraction of sp³-hybridized carbons (Fsp3) is 0.450. The third kappa shape index (κ3) is 14.4. The zero-order chi connectivity index (χ0) is 17.2. The summed E-state index contributed by atoms with van der Waals surface area (Å²) in [5.41, 5.74) is 2.27. The van der Waals surface area contributed by atoms with Crippen molar-refractivity contribution in [3.8, 4) is 0 Å². The van der Waals surface area contributed by atoms with Gasteiger partial charge in [-0.25, -0.2) is 0 Å². The van der Waals surface area contributed by atoms with Crippen LogP contribution >= 0.6 is 35.7 Å². The van der Waals surface area contributed by atoms with E-state index < -0.39 is 0 Å². The van der Waals surface area contributed by atoms with Gasteiger partial charge in [-0.05, 0) is 43.6 Å². The van der Waals surface area contributed by atoms with Crippen molar-refractivity contribution in [2.75, 3.05) is 11.5 Å². The molecule has 0 aliphatic heterocycles. The molecule has 0 heterocycles. The second kappa shape index (κ2) is 17.4. The summed E-state index contributed by atoms with van der Waals surface area (Å²) in [7, 11) is 0. The van der Waals surface area contributed by atoms with Crippen molar-refractivity contribution in [2.24, 2.45) is 5.92 Å². The van der Waals surface area contributed by atoms with Crippen molar-refractivity contribution in [2.45, 2.75) is 39.5 Å². The van der Waals surface area contributed by atoms with Crippen LogP contribution in [0.2, 0.25) is 0 Å². The number of hydrogen-bond acceptors (Lipinski definition) is 4. The number of hydrogen-bond donors (Lipinski definition) is 0. The first-order valence-corrected chi connectivity index (χ1v) is 9.04. The van der Waals surface area contributed by atoms with Crippen molar-refractivity contribution in [3.63, 3.8) is 0 Å². The van der Waals surface area contributed by atoms with Crippen molar-refractivity contribution < 1.29 is 43.9 Å². The summed E-state index contributed by atoms with van der Waals surface area (Å²) in [5.74, 6) is 1.25. The minimum Gasteiger partial charge on any atom is -0.358 e. The zero-order valence-electron chi connectivity index (χ0n) is 16.4. The van der Waals surface area contributed by atoms with E-state index >= 15 is 0 Å². The fourth-order valence-electron chi connectivity index (χ4n) is 2.05. The van der Waals surface area contributed by atoms with E-state index in [0.29, 0.717) is 30.8 Å². The Morgan fingerprint density at radius 2 is 1.62 bits per heavy atom. The molecule has 0 saturated heterocycles. The number of carbonyl (C=O) groups excluding carboxylic acids is 3. The van der Waals surface area contributed by atoms with Gasteiger partial charge in [-0.2, -0.15) is 11.8 Å². The predicted octanol–water partition coefficient (Wildman–Crippen LogP) is 1.55. The molecule has 0 amide bonds. The van der Waals surface area contributed by atoms with Crippen LogP contribution in [-0.2, 0) is 27.2 Å². The van der Waals surface area contributed by atoms with Gasteiger partial charge in [0.2, 0.25) is 0 Å². The van der Waals surface area contributed by atoms with Gasteiger partial charge in [0.1, 0.15) is 17.3 Å². The molecule has 0 aromatic heterocycles. The summed E-state index contributed by atoms with van der Waals surface area (Å²) in [4.78, 5) is 34.0. The number of thioether (sulfide) groups is 1.